The largest absolute Gasteiger partial charge is 0.332 e. The Kier molecular flexibility index (Phi) is 1.83. The first-order valence-electron chi connectivity index (χ1n) is 2.59. The summed E-state index contributed by atoms with van der Waals surface area (Å²) in [6.07, 6.45) is -0.147. The van der Waals surface area contributed by atoms with Gasteiger partial charge in [-0.25, -0.2) is 5.21 Å². The molecule has 0 spiro atoms. The van der Waals surface area contributed by atoms with Gasteiger partial charge in [0.15, 0.2) is 5.39 Å². The van der Waals surface area contributed by atoms with Crippen LogP contribution >= 0.6 is 0 Å². The normalized spacial score (nSPS) is 21.3. The van der Waals surface area contributed by atoms with Gasteiger partial charge in [0.2, 0.25) is 0 Å². The molecule has 1 saturated heterocycles. The summed E-state index contributed by atoms with van der Waals surface area (Å²) in [4.78, 5) is 28.7. The van der Waals surface area contributed by atoms with E-state index < -0.39 is 11.9 Å². The van der Waals surface area contributed by atoms with Crippen LogP contribution in [0.15, 0.2) is 0 Å². The van der Waals surface area contributed by atoms with Gasteiger partial charge in [-0.3, -0.25) is 9.59 Å². The molecule has 1 rings (SSSR count). The Labute approximate surface area is 55.8 Å². The summed E-state index contributed by atoms with van der Waals surface area (Å²) in [5.41, 5.74) is 0. The Bertz CT molecular complexity index is 149. The van der Waals surface area contributed by atoms with Crippen LogP contribution in [0.4, 0.5) is 0 Å². The van der Waals surface area contributed by atoms with Gasteiger partial charge < -0.3 is 9.68 Å². The van der Waals surface area contributed by atoms with Crippen molar-refractivity contribution in [3.05, 3.63) is 0 Å². The fourth-order valence-electron chi connectivity index (χ4n) is 0.488. The molecule has 0 unspecified atom stereocenters. The molecule has 0 aliphatic carbocycles. The lowest BCUT2D eigenvalue weighted by Gasteiger charge is -2.05. The molecule has 0 aromatic carbocycles. The van der Waals surface area contributed by atoms with Gasteiger partial charge in [-0.1, -0.05) is 0 Å². The van der Waals surface area contributed by atoms with Crippen molar-refractivity contribution in [2.75, 3.05) is 0 Å². The van der Waals surface area contributed by atoms with Gasteiger partial charge in [-0.15, -0.1) is 0 Å². The Balaban J connectivity index is 2.54. The maximum atomic E-state index is 10.4. The summed E-state index contributed by atoms with van der Waals surface area (Å²) >= 11 is 0. The second-order valence-corrected chi connectivity index (χ2v) is 1.66. The van der Waals surface area contributed by atoms with Crippen LogP contribution in [0.25, 0.3) is 0 Å². The predicted octanol–water partition coefficient (Wildman–Crippen LogP) is -0.612. The third-order valence-electron chi connectivity index (χ3n) is 0.893. The highest BCUT2D eigenvalue weighted by Crippen LogP contribution is 2.03. The molecule has 6 nitrogen and oxygen atoms in total. The standard InChI is InChI=1S/C4H5NO5/c6-3-1-2-4(7)10-5(8)9-3/h8H,1-2H2. The van der Waals surface area contributed by atoms with Crippen LogP contribution in [-0.4, -0.2) is 22.5 Å². The predicted molar refractivity (Wildman–Crippen MR) is 25.0 cm³/mol. The van der Waals surface area contributed by atoms with Crippen LogP contribution in [0.3, 0.4) is 0 Å². The average Bonchev–Trinajstić information content (AvgIpc) is 1.93. The van der Waals surface area contributed by atoms with Crippen molar-refractivity contribution in [2.24, 2.45) is 0 Å². The van der Waals surface area contributed by atoms with Gasteiger partial charge in [0.25, 0.3) is 0 Å². The van der Waals surface area contributed by atoms with Gasteiger partial charge in [0.1, 0.15) is 0 Å². The second kappa shape index (κ2) is 2.63. The third-order valence-corrected chi connectivity index (χ3v) is 0.893. The van der Waals surface area contributed by atoms with Gasteiger partial charge >= 0.3 is 11.9 Å². The van der Waals surface area contributed by atoms with E-state index in [2.05, 4.69) is 9.68 Å². The minimum atomic E-state index is -0.701. The number of rotatable bonds is 0. The first-order chi connectivity index (χ1) is 4.68. The summed E-state index contributed by atoms with van der Waals surface area (Å²) in [7, 11) is 0. The van der Waals surface area contributed by atoms with Crippen LogP contribution in [0.2, 0.25) is 0 Å². The van der Waals surface area contributed by atoms with Crippen LogP contribution in [-0.2, 0) is 19.3 Å². The van der Waals surface area contributed by atoms with E-state index in [1.54, 1.807) is 0 Å². The zero-order valence-electron chi connectivity index (χ0n) is 4.94. The molecular formula is C4H5NO5. The molecule has 0 aromatic heterocycles. The van der Waals surface area contributed by atoms with Crippen LogP contribution in [0.1, 0.15) is 12.8 Å². The summed E-state index contributed by atoms with van der Waals surface area (Å²) in [5.74, 6) is -1.40. The van der Waals surface area contributed by atoms with Gasteiger partial charge in [0.05, 0.1) is 12.8 Å². The Morgan fingerprint density at radius 3 is 2.00 bits per heavy atom. The van der Waals surface area contributed by atoms with Crippen molar-refractivity contribution >= 4 is 11.9 Å². The zero-order chi connectivity index (χ0) is 7.56. The SMILES string of the molecule is O=C1CCC(=O)ON(O)O1. The lowest BCUT2D eigenvalue weighted by molar-refractivity contribution is -0.463. The van der Waals surface area contributed by atoms with Gasteiger partial charge in [-0.2, -0.15) is 0 Å². The third kappa shape index (κ3) is 1.67. The number of carbonyl (C=O) groups is 2. The number of hydrogen-bond acceptors (Lipinski definition) is 6. The fraction of sp³-hybridized carbons (Fsp3) is 0.500. The Morgan fingerprint density at radius 2 is 1.60 bits per heavy atom. The first-order valence-corrected chi connectivity index (χ1v) is 2.59. The smallest absolute Gasteiger partial charge is 0.309 e. The first kappa shape index (κ1) is 6.97. The summed E-state index contributed by atoms with van der Waals surface area (Å²) in [5, 5.41) is 8.14. The van der Waals surface area contributed by atoms with E-state index in [0.29, 0.717) is 0 Å². The molecule has 0 saturated carbocycles. The highest BCUT2D eigenvalue weighted by atomic mass is 17.1. The number of carbonyl (C=O) groups excluding carboxylic acids is 2. The van der Waals surface area contributed by atoms with E-state index in [1.807, 2.05) is 0 Å². The molecule has 6 heteroatoms. The summed E-state index contributed by atoms with van der Waals surface area (Å²) in [6, 6.07) is 0. The van der Waals surface area contributed by atoms with Crippen molar-refractivity contribution in [2.45, 2.75) is 12.8 Å². The molecule has 0 aromatic rings. The fourth-order valence-corrected chi connectivity index (χ4v) is 0.488. The van der Waals surface area contributed by atoms with E-state index in [0.717, 1.165) is 0 Å². The number of hydrogen-bond donors (Lipinski definition) is 1. The zero-order valence-corrected chi connectivity index (χ0v) is 4.94. The topological polar surface area (TPSA) is 76.1 Å². The maximum absolute atomic E-state index is 10.4. The number of nitrogens with zero attached hydrogens (tertiary/aromatic N) is 1. The monoisotopic (exact) mass is 147 g/mol. The minimum absolute atomic E-state index is 0.0735. The highest BCUT2D eigenvalue weighted by molar-refractivity contribution is 5.78. The molecule has 56 valence electrons. The molecule has 1 aliphatic rings. The molecular weight excluding hydrogens is 142 g/mol. The highest BCUT2D eigenvalue weighted by Gasteiger charge is 2.21. The molecule has 10 heavy (non-hydrogen) atoms. The Hall–Kier alpha value is -1.14. The molecule has 1 fully saturated rings. The van der Waals surface area contributed by atoms with Crippen LogP contribution in [0, 0.1) is 0 Å². The van der Waals surface area contributed by atoms with E-state index >= 15 is 0 Å². The molecule has 1 N–H and O–H groups in total. The van der Waals surface area contributed by atoms with Gasteiger partial charge in [0, 0.05) is 0 Å². The molecule has 1 heterocycles. The Morgan fingerprint density at radius 1 is 1.20 bits per heavy atom. The van der Waals surface area contributed by atoms with Crippen molar-refractivity contribution in [1.82, 2.24) is 5.39 Å². The molecule has 0 amide bonds. The molecule has 0 atom stereocenters. The van der Waals surface area contributed by atoms with E-state index in [4.69, 9.17) is 5.21 Å². The van der Waals surface area contributed by atoms with E-state index in [1.165, 1.54) is 0 Å². The van der Waals surface area contributed by atoms with E-state index in [-0.39, 0.29) is 18.2 Å². The van der Waals surface area contributed by atoms with Crippen molar-refractivity contribution < 1.29 is 24.5 Å². The quantitative estimate of drug-likeness (QED) is 0.492. The van der Waals surface area contributed by atoms with Crippen LogP contribution in [0.5, 0.6) is 0 Å². The lowest BCUT2D eigenvalue weighted by atomic mass is 10.3. The van der Waals surface area contributed by atoms with Crippen LogP contribution < -0.4 is 0 Å². The lowest BCUT2D eigenvalue weighted by Crippen LogP contribution is -2.22. The van der Waals surface area contributed by atoms with Crippen molar-refractivity contribution in [1.29, 1.82) is 0 Å². The minimum Gasteiger partial charge on any atom is -0.309 e. The summed E-state index contributed by atoms with van der Waals surface area (Å²) in [6.45, 7) is 0. The van der Waals surface area contributed by atoms with Gasteiger partial charge in [-0.05, 0) is 0 Å². The van der Waals surface area contributed by atoms with Crippen molar-refractivity contribution in [3.63, 3.8) is 0 Å². The molecule has 0 bridgehead atoms. The molecule has 1 aliphatic heterocycles. The maximum Gasteiger partial charge on any atom is 0.332 e. The summed E-state index contributed by atoms with van der Waals surface area (Å²) < 4.78 is 0. The second-order valence-electron chi connectivity index (χ2n) is 1.66. The average molecular weight is 147 g/mol. The van der Waals surface area contributed by atoms with E-state index in [9.17, 15) is 9.59 Å². The molecule has 0 radical (unpaired) electrons. The van der Waals surface area contributed by atoms with Crippen molar-refractivity contribution in [3.8, 4) is 0 Å².